The molecule has 0 aliphatic rings. The number of ether oxygens (including phenoxy) is 1. The lowest BCUT2D eigenvalue weighted by atomic mass is 10.1. The quantitative estimate of drug-likeness (QED) is 0.239. The molecule has 0 bridgehead atoms. The topological polar surface area (TPSA) is 92.2 Å². The van der Waals surface area contributed by atoms with Gasteiger partial charge in [-0.3, -0.25) is 0 Å². The Bertz CT molecular complexity index is 1540. The van der Waals surface area contributed by atoms with Crippen molar-refractivity contribution in [1.29, 1.82) is 0 Å². The van der Waals surface area contributed by atoms with E-state index in [1.54, 1.807) is 9.20 Å². The lowest BCUT2D eigenvalue weighted by molar-refractivity contribution is 0.266. The summed E-state index contributed by atoms with van der Waals surface area (Å²) in [6, 6.07) is 21.8. The summed E-state index contributed by atoms with van der Waals surface area (Å²) in [5, 5.41) is 18.3. The van der Waals surface area contributed by atoms with Crippen LogP contribution in [0.15, 0.2) is 66.7 Å². The molecule has 0 saturated heterocycles. The van der Waals surface area contributed by atoms with E-state index in [9.17, 15) is 0 Å². The predicted octanol–water partition coefficient (Wildman–Crippen LogP) is 5.69. The summed E-state index contributed by atoms with van der Waals surface area (Å²) in [6.07, 6.45) is 0. The fourth-order valence-corrected chi connectivity index (χ4v) is 4.69. The van der Waals surface area contributed by atoms with Gasteiger partial charge in [-0.25, -0.2) is 9.67 Å². The first-order valence-corrected chi connectivity index (χ1v) is 15.6. The third-order valence-electron chi connectivity index (χ3n) is 7.08. The third-order valence-corrected chi connectivity index (χ3v) is 11.6. The summed E-state index contributed by atoms with van der Waals surface area (Å²) in [6.45, 7) is 11.7. The molecule has 9 nitrogen and oxygen atoms in total. The summed E-state index contributed by atoms with van der Waals surface area (Å²) in [7, 11) is -0.0453. The molecule has 0 aliphatic carbocycles. The maximum atomic E-state index is 6.31. The molecule has 10 heteroatoms. The SMILES string of the molecule is Cn1nc(CO[Si](C)(C)C(C)(C)C)nc1COc1nn2c(-c3ccccc3)nnc2cc1-c1ccccc1. The number of benzene rings is 2. The Kier molecular flexibility index (Phi) is 6.85. The van der Waals surface area contributed by atoms with Gasteiger partial charge in [0.05, 0.1) is 6.61 Å². The Morgan fingerprint density at radius 2 is 1.50 bits per heavy atom. The molecule has 5 aromatic rings. The summed E-state index contributed by atoms with van der Waals surface area (Å²) in [4.78, 5) is 4.69. The van der Waals surface area contributed by atoms with Gasteiger partial charge in [-0.15, -0.1) is 15.3 Å². The van der Waals surface area contributed by atoms with Crippen LogP contribution in [0.3, 0.4) is 0 Å². The van der Waals surface area contributed by atoms with Gasteiger partial charge in [0.1, 0.15) is 6.61 Å². The average molecular weight is 528 g/mol. The summed E-state index contributed by atoms with van der Waals surface area (Å²) in [5.41, 5.74) is 3.36. The molecule has 0 unspecified atom stereocenters. The highest BCUT2D eigenvalue weighted by Gasteiger charge is 2.37. The van der Waals surface area contributed by atoms with Crippen molar-refractivity contribution in [2.45, 2.75) is 52.1 Å². The van der Waals surface area contributed by atoms with Gasteiger partial charge in [-0.1, -0.05) is 81.4 Å². The minimum absolute atomic E-state index is 0.118. The molecular weight excluding hydrogens is 494 g/mol. The van der Waals surface area contributed by atoms with E-state index in [2.05, 4.69) is 49.2 Å². The van der Waals surface area contributed by atoms with Crippen molar-refractivity contribution in [2.24, 2.45) is 7.05 Å². The highest BCUT2D eigenvalue weighted by molar-refractivity contribution is 6.74. The van der Waals surface area contributed by atoms with E-state index in [0.717, 1.165) is 16.7 Å². The maximum absolute atomic E-state index is 6.31. The third kappa shape index (κ3) is 5.23. The van der Waals surface area contributed by atoms with Crippen molar-refractivity contribution >= 4 is 14.0 Å². The zero-order chi connectivity index (χ0) is 26.9. The second kappa shape index (κ2) is 10.1. The second-order valence-electron chi connectivity index (χ2n) is 10.8. The van der Waals surface area contributed by atoms with Gasteiger partial charge < -0.3 is 9.16 Å². The Balaban J connectivity index is 1.44. The van der Waals surface area contributed by atoms with Gasteiger partial charge in [-0.05, 0) is 29.8 Å². The fourth-order valence-electron chi connectivity index (χ4n) is 3.77. The van der Waals surface area contributed by atoms with Crippen LogP contribution in [-0.2, 0) is 24.7 Å². The first-order valence-electron chi connectivity index (χ1n) is 12.7. The molecule has 0 fully saturated rings. The normalized spacial score (nSPS) is 12.3. The van der Waals surface area contributed by atoms with Crippen LogP contribution in [0.4, 0.5) is 0 Å². The van der Waals surface area contributed by atoms with Crippen molar-refractivity contribution in [3.63, 3.8) is 0 Å². The predicted molar refractivity (Wildman–Crippen MR) is 149 cm³/mol. The van der Waals surface area contributed by atoms with Crippen LogP contribution in [0.1, 0.15) is 32.4 Å². The van der Waals surface area contributed by atoms with Gasteiger partial charge >= 0.3 is 0 Å². The number of hydrogen-bond acceptors (Lipinski definition) is 7. The molecule has 2 aromatic carbocycles. The summed E-state index contributed by atoms with van der Waals surface area (Å²) in [5.74, 6) is 2.44. The Morgan fingerprint density at radius 1 is 0.842 bits per heavy atom. The van der Waals surface area contributed by atoms with E-state index in [1.807, 2.05) is 73.8 Å². The van der Waals surface area contributed by atoms with Crippen LogP contribution in [0, 0.1) is 0 Å². The van der Waals surface area contributed by atoms with Crippen molar-refractivity contribution in [2.75, 3.05) is 0 Å². The molecule has 0 aliphatic heterocycles. The van der Waals surface area contributed by atoms with E-state index in [1.165, 1.54) is 0 Å². The Morgan fingerprint density at radius 3 is 2.16 bits per heavy atom. The molecule has 3 aromatic heterocycles. The molecule has 0 spiro atoms. The van der Waals surface area contributed by atoms with Crippen LogP contribution in [-0.4, -0.2) is 42.9 Å². The number of nitrogens with zero attached hydrogens (tertiary/aromatic N) is 7. The van der Waals surface area contributed by atoms with Crippen molar-refractivity contribution < 1.29 is 9.16 Å². The molecular formula is C28H33N7O2Si. The maximum Gasteiger partial charge on any atom is 0.240 e. The molecule has 3 heterocycles. The zero-order valence-electron chi connectivity index (χ0n) is 22.7. The molecule has 0 radical (unpaired) electrons. The molecule has 38 heavy (non-hydrogen) atoms. The minimum atomic E-state index is -1.91. The van der Waals surface area contributed by atoms with Gasteiger partial charge in [0.2, 0.25) is 5.88 Å². The van der Waals surface area contributed by atoms with Crippen LogP contribution in [0.2, 0.25) is 18.1 Å². The zero-order valence-corrected chi connectivity index (χ0v) is 23.7. The lowest BCUT2D eigenvalue weighted by Crippen LogP contribution is -2.40. The van der Waals surface area contributed by atoms with E-state index in [-0.39, 0.29) is 11.6 Å². The van der Waals surface area contributed by atoms with Crippen molar-refractivity contribution in [3.05, 3.63) is 78.4 Å². The van der Waals surface area contributed by atoms with Crippen LogP contribution < -0.4 is 4.74 Å². The molecule has 196 valence electrons. The monoisotopic (exact) mass is 527 g/mol. The standard InChI is InChI=1S/C28H33N7O2Si/c1-28(2,3)38(5,6)37-18-23-29-25(34(4)32-23)19-36-27-22(20-13-9-7-10-14-20)17-24-30-31-26(35(24)33-27)21-15-11-8-12-16-21/h7-17H,18-19H2,1-6H3. The van der Waals surface area contributed by atoms with Gasteiger partial charge in [0.15, 0.2) is 31.4 Å². The van der Waals surface area contributed by atoms with Gasteiger partial charge in [-0.2, -0.15) is 9.61 Å². The number of hydrogen-bond donors (Lipinski definition) is 0. The molecule has 0 saturated carbocycles. The van der Waals surface area contributed by atoms with E-state index >= 15 is 0 Å². The minimum Gasteiger partial charge on any atom is -0.468 e. The highest BCUT2D eigenvalue weighted by Crippen LogP contribution is 2.37. The smallest absolute Gasteiger partial charge is 0.240 e. The first kappa shape index (κ1) is 25.7. The van der Waals surface area contributed by atoms with Crippen molar-refractivity contribution in [3.8, 4) is 28.4 Å². The number of rotatable bonds is 8. The van der Waals surface area contributed by atoms with E-state index < -0.39 is 8.32 Å². The summed E-state index contributed by atoms with van der Waals surface area (Å²) < 4.78 is 16.1. The second-order valence-corrected chi connectivity index (χ2v) is 15.6. The first-order chi connectivity index (χ1) is 18.1. The molecule has 0 N–H and O–H groups in total. The van der Waals surface area contributed by atoms with Crippen LogP contribution >= 0.6 is 0 Å². The van der Waals surface area contributed by atoms with Gasteiger partial charge in [0, 0.05) is 18.2 Å². The highest BCUT2D eigenvalue weighted by atomic mass is 28.4. The van der Waals surface area contributed by atoms with E-state index in [0.29, 0.717) is 35.6 Å². The number of fused-ring (bicyclic) bond motifs is 1. The average Bonchev–Trinajstić information content (AvgIpc) is 3.48. The summed E-state index contributed by atoms with van der Waals surface area (Å²) >= 11 is 0. The molecule has 0 amide bonds. The molecule has 5 rings (SSSR count). The van der Waals surface area contributed by atoms with Crippen LogP contribution in [0.25, 0.3) is 28.2 Å². The van der Waals surface area contributed by atoms with Gasteiger partial charge in [0.25, 0.3) is 0 Å². The Labute approximate surface area is 223 Å². The van der Waals surface area contributed by atoms with Crippen molar-refractivity contribution in [1.82, 2.24) is 34.6 Å². The Hall–Kier alpha value is -3.89. The number of aryl methyl sites for hydroxylation is 1. The number of aromatic nitrogens is 7. The molecule has 0 atom stereocenters. The van der Waals surface area contributed by atoms with E-state index in [4.69, 9.17) is 19.2 Å². The van der Waals surface area contributed by atoms with Crippen LogP contribution in [0.5, 0.6) is 5.88 Å². The largest absolute Gasteiger partial charge is 0.468 e. The lowest BCUT2D eigenvalue weighted by Gasteiger charge is -2.35. The fraction of sp³-hybridized carbons (Fsp3) is 0.321.